The van der Waals surface area contributed by atoms with Gasteiger partial charge in [-0.1, -0.05) is 49.0 Å². The summed E-state index contributed by atoms with van der Waals surface area (Å²) in [6.45, 7) is 7.01. The first-order valence-electron chi connectivity index (χ1n) is 9.30. The van der Waals surface area contributed by atoms with E-state index in [1.807, 2.05) is 12.1 Å². The van der Waals surface area contributed by atoms with Crippen molar-refractivity contribution in [1.82, 2.24) is 5.32 Å². The van der Waals surface area contributed by atoms with E-state index in [9.17, 15) is 9.59 Å². The molecule has 0 radical (unpaired) electrons. The summed E-state index contributed by atoms with van der Waals surface area (Å²) < 4.78 is 5.91. The van der Waals surface area contributed by atoms with Crippen molar-refractivity contribution in [2.24, 2.45) is 0 Å². The number of carbonyl (C=O) groups is 2. The number of benzene rings is 2. The third-order valence-corrected chi connectivity index (χ3v) is 5.19. The number of thioether (sulfide) groups is 1. The summed E-state index contributed by atoms with van der Waals surface area (Å²) in [5.41, 5.74) is 1.79. The molecule has 1 N–H and O–H groups in total. The predicted octanol–water partition coefficient (Wildman–Crippen LogP) is 4.39. The minimum absolute atomic E-state index is 0.137. The molecule has 1 unspecified atom stereocenters. The van der Waals surface area contributed by atoms with Crippen LogP contribution in [0.1, 0.15) is 18.9 Å². The van der Waals surface area contributed by atoms with Gasteiger partial charge in [0.2, 0.25) is 0 Å². The lowest BCUT2D eigenvalue weighted by Gasteiger charge is -2.20. The van der Waals surface area contributed by atoms with Crippen molar-refractivity contribution in [3.63, 3.8) is 0 Å². The molecule has 2 aromatic rings. The fourth-order valence-corrected chi connectivity index (χ4v) is 3.60. The molecule has 0 saturated carbocycles. The van der Waals surface area contributed by atoms with E-state index in [0.717, 1.165) is 36.0 Å². The zero-order chi connectivity index (χ0) is 19.9. The van der Waals surface area contributed by atoms with Crippen molar-refractivity contribution in [2.75, 3.05) is 18.1 Å². The van der Waals surface area contributed by atoms with Crippen LogP contribution < -0.4 is 15.0 Å². The van der Waals surface area contributed by atoms with Crippen molar-refractivity contribution in [3.8, 4) is 5.75 Å². The number of ether oxygens (including phenoxy) is 1. The number of anilines is 1. The summed E-state index contributed by atoms with van der Waals surface area (Å²) in [4.78, 5) is 25.7. The number of imide groups is 1. The van der Waals surface area contributed by atoms with Gasteiger partial charge in [0, 0.05) is 6.04 Å². The Morgan fingerprint density at radius 2 is 1.82 bits per heavy atom. The van der Waals surface area contributed by atoms with Gasteiger partial charge < -0.3 is 10.1 Å². The number of hydrogen-bond donors (Lipinski definition) is 1. The van der Waals surface area contributed by atoms with Crippen LogP contribution in [0.25, 0.3) is 0 Å². The lowest BCUT2D eigenvalue weighted by Crippen LogP contribution is -2.33. The van der Waals surface area contributed by atoms with Crippen LogP contribution in [0.4, 0.5) is 10.5 Å². The summed E-state index contributed by atoms with van der Waals surface area (Å²) >= 11 is 0.851. The van der Waals surface area contributed by atoms with E-state index in [-0.39, 0.29) is 16.2 Å². The topological polar surface area (TPSA) is 58.6 Å². The monoisotopic (exact) mass is 396 g/mol. The first-order valence-corrected chi connectivity index (χ1v) is 10.1. The fraction of sp³-hybridized carbons (Fsp3) is 0.273. The molecule has 1 atom stereocenters. The standard InChI is InChI=1S/C22H24N2O3S/c1-16(23-14-8-11-18-9-4-3-5-10-18)15-27-20-13-7-6-12-19(20)24-21(25)17(2)28-22(24)26/h3-7,9-10,12-13,16,23H,2,8,11,14-15H2,1H3. The van der Waals surface area contributed by atoms with E-state index in [1.165, 1.54) is 5.56 Å². The number of rotatable bonds is 9. The molecule has 1 aliphatic heterocycles. The first kappa shape index (κ1) is 20.2. The van der Waals surface area contributed by atoms with Crippen LogP contribution in [0.5, 0.6) is 5.75 Å². The van der Waals surface area contributed by atoms with Gasteiger partial charge in [-0.3, -0.25) is 9.59 Å². The number of carbonyl (C=O) groups excluding carboxylic acids is 2. The van der Waals surface area contributed by atoms with Crippen LogP contribution in [0.3, 0.4) is 0 Å². The van der Waals surface area contributed by atoms with E-state index < -0.39 is 5.91 Å². The molecule has 2 amide bonds. The zero-order valence-electron chi connectivity index (χ0n) is 15.9. The number of para-hydroxylation sites is 2. The highest BCUT2D eigenvalue weighted by molar-refractivity contribution is 8.18. The average Bonchev–Trinajstić information content (AvgIpc) is 2.96. The molecule has 0 aromatic heterocycles. The Balaban J connectivity index is 1.50. The summed E-state index contributed by atoms with van der Waals surface area (Å²) in [6, 6.07) is 17.6. The van der Waals surface area contributed by atoms with Gasteiger partial charge >= 0.3 is 0 Å². The van der Waals surface area contributed by atoms with Gasteiger partial charge in [-0.2, -0.15) is 0 Å². The lowest BCUT2D eigenvalue weighted by atomic mass is 10.1. The van der Waals surface area contributed by atoms with Gasteiger partial charge in [0.15, 0.2) is 0 Å². The molecule has 0 bridgehead atoms. The number of amides is 2. The minimum atomic E-state index is -0.391. The van der Waals surface area contributed by atoms with Crippen molar-refractivity contribution < 1.29 is 14.3 Å². The Bertz CT molecular complexity index is 854. The van der Waals surface area contributed by atoms with Crippen LogP contribution in [-0.2, 0) is 11.2 Å². The molecular formula is C22H24N2O3S. The molecule has 146 valence electrons. The molecule has 1 saturated heterocycles. The highest BCUT2D eigenvalue weighted by Gasteiger charge is 2.36. The van der Waals surface area contributed by atoms with E-state index in [2.05, 4.69) is 43.1 Å². The molecule has 1 fully saturated rings. The largest absolute Gasteiger partial charge is 0.490 e. The van der Waals surface area contributed by atoms with Crippen molar-refractivity contribution in [1.29, 1.82) is 0 Å². The average molecular weight is 397 g/mol. The highest BCUT2D eigenvalue weighted by Crippen LogP contribution is 2.38. The van der Waals surface area contributed by atoms with Gasteiger partial charge in [0.1, 0.15) is 12.4 Å². The van der Waals surface area contributed by atoms with Gasteiger partial charge in [0.05, 0.1) is 10.6 Å². The summed E-state index contributed by atoms with van der Waals surface area (Å²) in [6.07, 6.45) is 2.08. The van der Waals surface area contributed by atoms with E-state index in [0.29, 0.717) is 18.0 Å². The molecule has 0 aliphatic carbocycles. The Labute approximate surface area is 169 Å². The van der Waals surface area contributed by atoms with Crippen LogP contribution in [0.15, 0.2) is 66.1 Å². The molecule has 3 rings (SSSR count). The highest BCUT2D eigenvalue weighted by atomic mass is 32.2. The Morgan fingerprint density at radius 1 is 1.11 bits per heavy atom. The number of nitrogens with zero attached hydrogens (tertiary/aromatic N) is 1. The Kier molecular flexibility index (Phi) is 6.90. The second-order valence-corrected chi connectivity index (χ2v) is 7.70. The normalized spacial score (nSPS) is 15.2. The van der Waals surface area contributed by atoms with Crippen LogP contribution in [0, 0.1) is 0 Å². The van der Waals surface area contributed by atoms with E-state index in [4.69, 9.17) is 4.74 Å². The SMILES string of the molecule is C=C1SC(=O)N(c2ccccc2OCC(C)NCCCc2ccccc2)C1=O. The number of hydrogen-bond acceptors (Lipinski definition) is 5. The third-order valence-electron chi connectivity index (χ3n) is 4.41. The Hall–Kier alpha value is -2.57. The maximum Gasteiger partial charge on any atom is 0.298 e. The predicted molar refractivity (Wildman–Crippen MR) is 114 cm³/mol. The summed E-state index contributed by atoms with van der Waals surface area (Å²) in [5.74, 6) is 0.121. The maximum absolute atomic E-state index is 12.2. The molecule has 2 aromatic carbocycles. The molecule has 6 heteroatoms. The molecule has 1 aliphatic rings. The minimum Gasteiger partial charge on any atom is -0.490 e. The quantitative estimate of drug-likeness (QED) is 0.503. The zero-order valence-corrected chi connectivity index (χ0v) is 16.7. The van der Waals surface area contributed by atoms with E-state index >= 15 is 0 Å². The van der Waals surface area contributed by atoms with Gasteiger partial charge in [-0.05, 0) is 55.8 Å². The van der Waals surface area contributed by atoms with Gasteiger partial charge in [-0.15, -0.1) is 0 Å². The smallest absolute Gasteiger partial charge is 0.298 e. The maximum atomic E-state index is 12.2. The molecule has 28 heavy (non-hydrogen) atoms. The lowest BCUT2D eigenvalue weighted by molar-refractivity contribution is -0.113. The molecule has 1 heterocycles. The molecule has 5 nitrogen and oxygen atoms in total. The second kappa shape index (κ2) is 9.57. The Morgan fingerprint density at radius 3 is 2.54 bits per heavy atom. The van der Waals surface area contributed by atoms with Gasteiger partial charge in [-0.25, -0.2) is 4.90 Å². The van der Waals surface area contributed by atoms with Crippen molar-refractivity contribution >= 4 is 28.6 Å². The van der Waals surface area contributed by atoms with Crippen LogP contribution in [0.2, 0.25) is 0 Å². The number of nitrogens with one attached hydrogen (secondary N) is 1. The molecular weight excluding hydrogens is 372 g/mol. The first-order chi connectivity index (χ1) is 13.6. The van der Waals surface area contributed by atoms with Gasteiger partial charge in [0.25, 0.3) is 11.1 Å². The third kappa shape index (κ3) is 5.03. The van der Waals surface area contributed by atoms with Crippen LogP contribution in [-0.4, -0.2) is 30.3 Å². The number of aryl methyl sites for hydroxylation is 1. The fourth-order valence-electron chi connectivity index (χ4n) is 2.93. The summed E-state index contributed by atoms with van der Waals surface area (Å²) in [5, 5.41) is 3.10. The second-order valence-electron chi connectivity index (χ2n) is 6.65. The van der Waals surface area contributed by atoms with E-state index in [1.54, 1.807) is 18.2 Å². The molecule has 0 spiro atoms. The van der Waals surface area contributed by atoms with Crippen LogP contribution >= 0.6 is 11.8 Å². The summed E-state index contributed by atoms with van der Waals surface area (Å²) in [7, 11) is 0. The van der Waals surface area contributed by atoms with Crippen molar-refractivity contribution in [2.45, 2.75) is 25.8 Å². The van der Waals surface area contributed by atoms with Crippen molar-refractivity contribution in [3.05, 3.63) is 71.6 Å².